The van der Waals surface area contributed by atoms with Crippen molar-refractivity contribution in [1.82, 2.24) is 10.2 Å². The summed E-state index contributed by atoms with van der Waals surface area (Å²) in [4.78, 5) is 29.8. The van der Waals surface area contributed by atoms with Crippen LogP contribution in [0.3, 0.4) is 0 Å². The Bertz CT molecular complexity index is 1670. The van der Waals surface area contributed by atoms with Gasteiger partial charge in [-0.1, -0.05) is 97.4 Å². The lowest BCUT2D eigenvalue weighted by Crippen LogP contribution is -2.53. The lowest BCUT2D eigenvalue weighted by atomic mass is 10.0. The minimum absolute atomic E-state index is 0.0943. The van der Waals surface area contributed by atoms with Crippen molar-refractivity contribution in [2.75, 3.05) is 17.4 Å². The van der Waals surface area contributed by atoms with Crippen molar-refractivity contribution in [1.29, 1.82) is 0 Å². The zero-order valence-electron chi connectivity index (χ0n) is 25.9. The van der Waals surface area contributed by atoms with Gasteiger partial charge in [0.05, 0.1) is 10.6 Å². The summed E-state index contributed by atoms with van der Waals surface area (Å²) in [5, 5.41) is 2.90. The molecule has 44 heavy (non-hydrogen) atoms. The number of amides is 2. The van der Waals surface area contributed by atoms with Gasteiger partial charge in [0.1, 0.15) is 12.6 Å². The van der Waals surface area contributed by atoms with Gasteiger partial charge in [0, 0.05) is 19.5 Å². The summed E-state index contributed by atoms with van der Waals surface area (Å²) in [6.45, 7) is 7.71. The van der Waals surface area contributed by atoms with Crippen LogP contribution in [-0.4, -0.2) is 44.3 Å². The molecule has 1 atom stereocenters. The number of nitrogens with zero attached hydrogens (tertiary/aromatic N) is 2. The third-order valence-electron chi connectivity index (χ3n) is 7.75. The normalized spacial score (nSPS) is 11.9. The van der Waals surface area contributed by atoms with Gasteiger partial charge in [0.2, 0.25) is 11.8 Å². The Morgan fingerprint density at radius 1 is 0.773 bits per heavy atom. The van der Waals surface area contributed by atoms with Crippen LogP contribution in [0.5, 0.6) is 0 Å². The molecular formula is C36H41N3O4S. The highest BCUT2D eigenvalue weighted by Gasteiger charge is 2.35. The molecule has 0 bridgehead atoms. The third kappa shape index (κ3) is 7.74. The second-order valence-electron chi connectivity index (χ2n) is 10.9. The summed E-state index contributed by atoms with van der Waals surface area (Å²) < 4.78 is 29.7. The van der Waals surface area contributed by atoms with Gasteiger partial charge >= 0.3 is 0 Å². The number of hydrogen-bond donors (Lipinski definition) is 1. The lowest BCUT2D eigenvalue weighted by molar-refractivity contribution is -0.140. The molecule has 0 aliphatic heterocycles. The number of benzene rings is 4. The van der Waals surface area contributed by atoms with Gasteiger partial charge in [0.25, 0.3) is 10.0 Å². The summed E-state index contributed by atoms with van der Waals surface area (Å²) in [7, 11) is -4.14. The molecule has 0 aliphatic rings. The van der Waals surface area contributed by atoms with E-state index in [1.807, 2.05) is 94.4 Å². The Morgan fingerprint density at radius 3 is 2.02 bits per heavy atom. The second-order valence-corrected chi connectivity index (χ2v) is 12.7. The summed E-state index contributed by atoms with van der Waals surface area (Å²) in [6.07, 6.45) is 0.854. The molecule has 0 aromatic heterocycles. The molecule has 230 valence electrons. The predicted molar refractivity (Wildman–Crippen MR) is 176 cm³/mol. The molecule has 1 unspecified atom stereocenters. The molecule has 0 radical (unpaired) electrons. The molecule has 0 spiro atoms. The summed E-state index contributed by atoms with van der Waals surface area (Å²) in [5.74, 6) is -0.762. The molecule has 0 heterocycles. The lowest BCUT2D eigenvalue weighted by Gasteiger charge is -2.34. The monoisotopic (exact) mass is 611 g/mol. The number of likely N-dealkylation sites (N-methyl/N-ethyl adjacent to an activating group) is 1. The molecule has 0 fully saturated rings. The smallest absolute Gasteiger partial charge is 0.264 e. The summed E-state index contributed by atoms with van der Waals surface area (Å²) in [6, 6.07) is 30.2. The number of anilines is 1. The van der Waals surface area contributed by atoms with Crippen molar-refractivity contribution in [3.63, 3.8) is 0 Å². The number of sulfonamides is 1. The fourth-order valence-electron chi connectivity index (χ4n) is 5.22. The highest BCUT2D eigenvalue weighted by molar-refractivity contribution is 7.92. The first-order valence-corrected chi connectivity index (χ1v) is 16.4. The molecule has 0 aliphatic carbocycles. The fraction of sp³-hybridized carbons (Fsp3) is 0.278. The number of hydrogen-bond acceptors (Lipinski definition) is 4. The predicted octanol–water partition coefficient (Wildman–Crippen LogP) is 5.84. The fourth-order valence-corrected chi connectivity index (χ4v) is 6.67. The molecule has 7 nitrogen and oxygen atoms in total. The van der Waals surface area contributed by atoms with E-state index in [1.54, 1.807) is 36.4 Å². The molecule has 0 saturated carbocycles. The summed E-state index contributed by atoms with van der Waals surface area (Å²) in [5.41, 5.74) is 4.91. The van der Waals surface area contributed by atoms with E-state index in [-0.39, 0.29) is 23.8 Å². The average Bonchev–Trinajstić information content (AvgIpc) is 3.03. The highest BCUT2D eigenvalue weighted by atomic mass is 32.2. The van der Waals surface area contributed by atoms with Crippen molar-refractivity contribution in [3.05, 3.63) is 131 Å². The van der Waals surface area contributed by atoms with Crippen molar-refractivity contribution in [3.8, 4) is 0 Å². The zero-order chi connectivity index (χ0) is 31.7. The minimum Gasteiger partial charge on any atom is -0.355 e. The maximum atomic E-state index is 14.6. The topological polar surface area (TPSA) is 86.8 Å². The SMILES string of the molecule is CCNC(=O)C(Cc1ccccc1)N(Cc1ccccc1C)C(=O)CN(c1ccccc1CC)S(=O)(=O)c1ccc(C)cc1. The van der Waals surface area contributed by atoms with Crippen LogP contribution in [0, 0.1) is 13.8 Å². The van der Waals surface area contributed by atoms with Crippen LogP contribution in [0.25, 0.3) is 0 Å². The number of para-hydroxylation sites is 1. The van der Waals surface area contributed by atoms with Crippen molar-refractivity contribution in [2.24, 2.45) is 0 Å². The average molecular weight is 612 g/mol. The standard InChI is InChI=1S/C36H41N3O4S/c1-5-30-17-12-13-19-33(30)39(44(42,43)32-22-20-27(3)21-23-32)26-35(40)38(25-31-18-11-10-14-28(31)4)34(36(41)37-6-2)24-29-15-8-7-9-16-29/h7-23,34H,5-6,24-26H2,1-4H3,(H,37,41). The van der Waals surface area contributed by atoms with E-state index in [0.29, 0.717) is 18.7 Å². The van der Waals surface area contributed by atoms with E-state index >= 15 is 0 Å². The molecule has 0 saturated heterocycles. The molecule has 4 aromatic carbocycles. The van der Waals surface area contributed by atoms with E-state index < -0.39 is 28.5 Å². The first kappa shape index (κ1) is 32.5. The van der Waals surface area contributed by atoms with Crippen LogP contribution >= 0.6 is 0 Å². The van der Waals surface area contributed by atoms with Crippen LogP contribution in [0.15, 0.2) is 108 Å². The Morgan fingerprint density at radius 2 is 1.39 bits per heavy atom. The van der Waals surface area contributed by atoms with E-state index in [0.717, 1.165) is 27.8 Å². The Balaban J connectivity index is 1.83. The molecule has 4 aromatic rings. The molecule has 8 heteroatoms. The molecule has 2 amide bonds. The van der Waals surface area contributed by atoms with Gasteiger partial charge < -0.3 is 10.2 Å². The van der Waals surface area contributed by atoms with E-state index in [2.05, 4.69) is 5.32 Å². The number of nitrogens with one attached hydrogen (secondary N) is 1. The number of carbonyl (C=O) groups is 2. The van der Waals surface area contributed by atoms with E-state index in [1.165, 1.54) is 9.21 Å². The van der Waals surface area contributed by atoms with Gasteiger partial charge in [-0.05, 0) is 67.6 Å². The van der Waals surface area contributed by atoms with Crippen LogP contribution in [-0.2, 0) is 39.0 Å². The quantitative estimate of drug-likeness (QED) is 0.206. The summed E-state index contributed by atoms with van der Waals surface area (Å²) >= 11 is 0. The first-order chi connectivity index (χ1) is 21.1. The van der Waals surface area contributed by atoms with Crippen molar-refractivity contribution in [2.45, 2.75) is 58.0 Å². The van der Waals surface area contributed by atoms with Crippen molar-refractivity contribution >= 4 is 27.5 Å². The molecule has 4 rings (SSSR count). The maximum absolute atomic E-state index is 14.6. The van der Waals surface area contributed by atoms with Crippen molar-refractivity contribution < 1.29 is 18.0 Å². The van der Waals surface area contributed by atoms with Gasteiger partial charge in [0.15, 0.2) is 0 Å². The van der Waals surface area contributed by atoms with Gasteiger partial charge in [-0.2, -0.15) is 0 Å². The molecular weight excluding hydrogens is 570 g/mol. The second kappa shape index (κ2) is 14.8. The van der Waals surface area contributed by atoms with Gasteiger partial charge in [-0.15, -0.1) is 0 Å². The van der Waals surface area contributed by atoms with E-state index in [4.69, 9.17) is 0 Å². The maximum Gasteiger partial charge on any atom is 0.264 e. The number of aryl methyl sites for hydroxylation is 3. The van der Waals surface area contributed by atoms with Gasteiger partial charge in [-0.3, -0.25) is 13.9 Å². The third-order valence-corrected chi connectivity index (χ3v) is 9.53. The Kier molecular flexibility index (Phi) is 11.0. The zero-order valence-corrected chi connectivity index (χ0v) is 26.7. The highest BCUT2D eigenvalue weighted by Crippen LogP contribution is 2.29. The minimum atomic E-state index is -4.14. The largest absolute Gasteiger partial charge is 0.355 e. The van der Waals surface area contributed by atoms with Crippen LogP contribution in [0.4, 0.5) is 5.69 Å². The van der Waals surface area contributed by atoms with Crippen LogP contribution in [0.1, 0.15) is 41.7 Å². The molecule has 1 N–H and O–H groups in total. The number of carbonyl (C=O) groups excluding carboxylic acids is 2. The Hall–Kier alpha value is -4.43. The van der Waals surface area contributed by atoms with E-state index in [9.17, 15) is 18.0 Å². The van der Waals surface area contributed by atoms with Gasteiger partial charge in [-0.25, -0.2) is 8.42 Å². The first-order valence-electron chi connectivity index (χ1n) is 15.0. The van der Waals surface area contributed by atoms with Crippen LogP contribution < -0.4 is 9.62 Å². The Labute approximate surface area is 261 Å². The number of rotatable bonds is 13. The van der Waals surface area contributed by atoms with Crippen LogP contribution in [0.2, 0.25) is 0 Å².